The normalized spacial score (nSPS) is 6.43. The molecule has 0 N–H and O–H groups in total. The molecule has 0 aliphatic carbocycles. The second-order valence-corrected chi connectivity index (χ2v) is 1.71. The molecule has 0 saturated heterocycles. The maximum atomic E-state index is 4.87. The van der Waals surface area contributed by atoms with Crippen molar-refractivity contribution in [3.8, 4) is 11.5 Å². The van der Waals surface area contributed by atoms with Gasteiger partial charge in [-0.25, -0.2) is 12.1 Å². The van der Waals surface area contributed by atoms with Crippen LogP contribution in [0.15, 0.2) is 12.1 Å². The first-order valence-corrected chi connectivity index (χ1v) is 2.88. The molecule has 0 atom stereocenters. The Morgan fingerprint density at radius 1 is 0.857 bits per heavy atom. The van der Waals surface area contributed by atoms with Gasteiger partial charge >= 0.3 is 46.1 Å². The first-order valence-electron chi connectivity index (χ1n) is 2.88. The van der Waals surface area contributed by atoms with Crippen LogP contribution < -0.4 is 43.4 Å². The SMILES string of the molecule is COc1[c-]cc(OC)[c-]c1.[Br-].[Br-].[Mg+2].[Mg+2]. The largest absolute Gasteiger partial charge is 2.00 e. The molecule has 0 bridgehead atoms. The average Bonchev–Trinajstić information content (AvgIpc) is 2.05. The first kappa shape index (κ1) is 24.5. The van der Waals surface area contributed by atoms with E-state index >= 15 is 0 Å². The number of ether oxygens (including phenoxy) is 2. The summed E-state index contributed by atoms with van der Waals surface area (Å²) in [6.07, 6.45) is 0. The van der Waals surface area contributed by atoms with Gasteiger partial charge in [0.25, 0.3) is 0 Å². The molecule has 0 fully saturated rings. The summed E-state index contributed by atoms with van der Waals surface area (Å²) < 4.78 is 9.74. The van der Waals surface area contributed by atoms with Crippen molar-refractivity contribution in [1.29, 1.82) is 0 Å². The molecule has 1 rings (SSSR count). The topological polar surface area (TPSA) is 18.5 Å². The van der Waals surface area contributed by atoms with E-state index in [0.29, 0.717) is 11.5 Å². The second kappa shape index (κ2) is 14.3. The first-order chi connectivity index (χ1) is 4.86. The predicted octanol–water partition coefficient (Wildman–Crippen LogP) is -5.45. The third-order valence-electron chi connectivity index (χ3n) is 1.13. The average molecular weight is 345 g/mol. The Hall–Kier alpha value is 1.31. The van der Waals surface area contributed by atoms with E-state index in [-0.39, 0.29) is 80.1 Å². The van der Waals surface area contributed by atoms with Crippen molar-refractivity contribution in [3.63, 3.8) is 0 Å². The molecule has 0 aliphatic rings. The number of rotatable bonds is 2. The van der Waals surface area contributed by atoms with E-state index in [9.17, 15) is 0 Å². The van der Waals surface area contributed by atoms with E-state index in [1.807, 2.05) is 0 Å². The Morgan fingerprint density at radius 2 is 1.14 bits per heavy atom. The number of hydrogen-bond acceptors (Lipinski definition) is 2. The molecule has 0 unspecified atom stereocenters. The van der Waals surface area contributed by atoms with E-state index in [0.717, 1.165) is 0 Å². The van der Waals surface area contributed by atoms with Crippen LogP contribution in [0.3, 0.4) is 0 Å². The maximum Gasteiger partial charge on any atom is 2.00 e. The quantitative estimate of drug-likeness (QED) is 0.394. The molecule has 0 spiro atoms. The van der Waals surface area contributed by atoms with Crippen LogP contribution in [0.2, 0.25) is 0 Å². The van der Waals surface area contributed by atoms with Gasteiger partial charge in [-0.15, -0.1) is 11.5 Å². The molecule has 0 heterocycles. The van der Waals surface area contributed by atoms with Crippen molar-refractivity contribution in [2.45, 2.75) is 0 Å². The van der Waals surface area contributed by atoms with Crippen LogP contribution in [0.1, 0.15) is 0 Å². The molecule has 0 amide bonds. The van der Waals surface area contributed by atoms with Gasteiger partial charge in [-0.3, -0.25) is 12.1 Å². The van der Waals surface area contributed by atoms with Gasteiger partial charge in [-0.05, 0) is 0 Å². The Kier molecular flexibility index (Phi) is 25.1. The Balaban J connectivity index is -0.000000125. The smallest absolute Gasteiger partial charge is 1.00 e. The van der Waals surface area contributed by atoms with E-state index in [4.69, 9.17) is 9.47 Å². The Morgan fingerprint density at radius 3 is 1.29 bits per heavy atom. The van der Waals surface area contributed by atoms with Crippen LogP contribution in [-0.4, -0.2) is 60.3 Å². The van der Waals surface area contributed by atoms with E-state index in [1.165, 1.54) is 0 Å². The minimum Gasteiger partial charge on any atom is -1.00 e. The third kappa shape index (κ3) is 8.61. The number of hydrogen-bond donors (Lipinski definition) is 0. The summed E-state index contributed by atoms with van der Waals surface area (Å²) in [6, 6.07) is 9.08. The molecule has 0 saturated carbocycles. The summed E-state index contributed by atoms with van der Waals surface area (Å²) >= 11 is 0. The van der Waals surface area contributed by atoms with Crippen LogP contribution >= 0.6 is 0 Å². The van der Waals surface area contributed by atoms with Crippen molar-refractivity contribution in [3.05, 3.63) is 24.3 Å². The molecule has 70 valence electrons. The Labute approximate surface area is 138 Å². The van der Waals surface area contributed by atoms with Crippen molar-refractivity contribution < 1.29 is 43.4 Å². The summed E-state index contributed by atoms with van der Waals surface area (Å²) in [5.41, 5.74) is 0. The van der Waals surface area contributed by atoms with Crippen LogP contribution in [0, 0.1) is 12.1 Å². The van der Waals surface area contributed by atoms with Crippen molar-refractivity contribution in [1.82, 2.24) is 0 Å². The summed E-state index contributed by atoms with van der Waals surface area (Å²) in [6.45, 7) is 0. The standard InChI is InChI=1S/C8H8O2.2BrH.2Mg/c1-9-7-3-5-8(10-2)6-4-7;;;;/h3,6H,1-2H3;2*1H;;/q-2;;;2*+2/p-2. The fraction of sp³-hybridized carbons (Fsp3) is 0.250. The van der Waals surface area contributed by atoms with Gasteiger partial charge in [0.2, 0.25) is 0 Å². The van der Waals surface area contributed by atoms with Crippen LogP contribution in [0.4, 0.5) is 0 Å². The van der Waals surface area contributed by atoms with E-state index < -0.39 is 0 Å². The van der Waals surface area contributed by atoms with Crippen LogP contribution in [0.25, 0.3) is 0 Å². The fourth-order valence-corrected chi connectivity index (χ4v) is 0.592. The summed E-state index contributed by atoms with van der Waals surface area (Å²) in [5.74, 6) is 1.33. The molecule has 1 aromatic carbocycles. The number of halogens is 2. The monoisotopic (exact) mass is 342 g/mol. The Bertz CT molecular complexity index is 184. The summed E-state index contributed by atoms with van der Waals surface area (Å²) in [4.78, 5) is 0. The molecule has 0 aliphatic heterocycles. The van der Waals surface area contributed by atoms with Gasteiger partial charge in [0.15, 0.2) is 0 Å². The van der Waals surface area contributed by atoms with Crippen molar-refractivity contribution >= 4 is 46.1 Å². The third-order valence-corrected chi connectivity index (χ3v) is 1.13. The molecule has 0 radical (unpaired) electrons. The van der Waals surface area contributed by atoms with Crippen molar-refractivity contribution in [2.24, 2.45) is 0 Å². The molecule has 14 heavy (non-hydrogen) atoms. The summed E-state index contributed by atoms with van der Waals surface area (Å²) in [5, 5.41) is 0. The van der Waals surface area contributed by atoms with Crippen LogP contribution in [-0.2, 0) is 0 Å². The second-order valence-electron chi connectivity index (χ2n) is 1.71. The predicted molar refractivity (Wildman–Crippen MR) is 48.7 cm³/mol. The van der Waals surface area contributed by atoms with Crippen molar-refractivity contribution in [2.75, 3.05) is 14.2 Å². The maximum absolute atomic E-state index is 4.87. The molecule has 0 aromatic heterocycles. The van der Waals surface area contributed by atoms with Gasteiger partial charge < -0.3 is 43.4 Å². The number of methoxy groups -OCH3 is 2. The zero-order chi connectivity index (χ0) is 7.40. The number of benzene rings is 1. The fourth-order valence-electron chi connectivity index (χ4n) is 0.592. The zero-order valence-corrected chi connectivity index (χ0v) is 14.1. The van der Waals surface area contributed by atoms with Gasteiger partial charge in [0.1, 0.15) is 0 Å². The van der Waals surface area contributed by atoms with Gasteiger partial charge in [0, 0.05) is 0 Å². The molecule has 1 aromatic rings. The van der Waals surface area contributed by atoms with E-state index in [1.54, 1.807) is 26.4 Å². The van der Waals surface area contributed by atoms with Gasteiger partial charge in [0.05, 0.1) is 14.2 Å². The minimum atomic E-state index is 0. The van der Waals surface area contributed by atoms with Gasteiger partial charge in [-0.1, -0.05) is 0 Å². The molecule has 2 nitrogen and oxygen atoms in total. The minimum absolute atomic E-state index is 0. The zero-order valence-electron chi connectivity index (χ0n) is 8.14. The molecular formula is C8H8Br2Mg2O2. The molecule has 6 heteroatoms. The summed E-state index contributed by atoms with van der Waals surface area (Å²) in [7, 11) is 3.18. The van der Waals surface area contributed by atoms with Gasteiger partial charge in [-0.2, -0.15) is 0 Å². The van der Waals surface area contributed by atoms with Crippen LogP contribution in [0.5, 0.6) is 11.5 Å². The molecular weight excluding hydrogens is 337 g/mol. The van der Waals surface area contributed by atoms with E-state index in [2.05, 4.69) is 12.1 Å².